The maximum absolute atomic E-state index is 11.1. The summed E-state index contributed by atoms with van der Waals surface area (Å²) in [5.74, 6) is -0.428. The van der Waals surface area contributed by atoms with E-state index in [0.29, 0.717) is 12.3 Å². The lowest BCUT2D eigenvalue weighted by atomic mass is 10.2. The summed E-state index contributed by atoms with van der Waals surface area (Å²) in [6.45, 7) is 1.99. The van der Waals surface area contributed by atoms with Crippen LogP contribution in [0.25, 0.3) is 0 Å². The van der Waals surface area contributed by atoms with Gasteiger partial charge in [-0.25, -0.2) is 0 Å². The lowest BCUT2D eigenvalue weighted by Gasteiger charge is -2.01. The maximum atomic E-state index is 11.1. The number of carbonyl (C=O) groups excluding carboxylic acids is 1. The van der Waals surface area contributed by atoms with Gasteiger partial charge in [-0.15, -0.1) is 0 Å². The molecule has 15 heavy (non-hydrogen) atoms. The van der Waals surface area contributed by atoms with Crippen molar-refractivity contribution >= 4 is 5.97 Å². The van der Waals surface area contributed by atoms with Crippen LogP contribution in [-0.2, 0) is 16.0 Å². The molecule has 0 fully saturated rings. The number of aromatic amines is 1. The Balaban J connectivity index is 2.87. The molecule has 5 heteroatoms. The summed E-state index contributed by atoms with van der Waals surface area (Å²) in [4.78, 5) is 24.8. The third-order valence-corrected chi connectivity index (χ3v) is 1.66. The number of hydrogen-bond acceptors (Lipinski definition) is 4. The molecule has 1 heterocycles. The van der Waals surface area contributed by atoms with Crippen LogP contribution in [-0.4, -0.2) is 17.6 Å². The predicted molar refractivity (Wildman–Crippen MR) is 52.1 cm³/mol. The van der Waals surface area contributed by atoms with Gasteiger partial charge in [0.15, 0.2) is 5.43 Å². The highest BCUT2D eigenvalue weighted by Gasteiger charge is 2.05. The molecule has 0 amide bonds. The Labute approximate surface area is 86.3 Å². The number of rotatable bonds is 3. The Kier molecular flexibility index (Phi) is 3.63. The monoisotopic (exact) mass is 206 g/mol. The van der Waals surface area contributed by atoms with Crippen LogP contribution >= 0.6 is 0 Å². The molecule has 1 rings (SSSR count). The molecule has 0 radical (unpaired) electrons. The average molecular weight is 206 g/mol. The first kappa shape index (κ1) is 11.0. The molecule has 0 aliphatic carbocycles. The third kappa shape index (κ3) is 3.27. The van der Waals surface area contributed by atoms with E-state index in [1.807, 2.05) is 0 Å². The van der Waals surface area contributed by atoms with Gasteiger partial charge in [0.05, 0.1) is 13.0 Å². The van der Waals surface area contributed by atoms with E-state index in [1.54, 1.807) is 13.0 Å². The number of carbonyl (C=O) groups is 1. The van der Waals surface area contributed by atoms with E-state index in [4.69, 9.17) is 10.00 Å². The van der Waals surface area contributed by atoms with Crippen molar-refractivity contribution < 1.29 is 9.53 Å². The molecule has 78 valence electrons. The molecule has 0 atom stereocenters. The predicted octanol–water partition coefficient (Wildman–Crippen LogP) is 0.352. The summed E-state index contributed by atoms with van der Waals surface area (Å²) in [5.41, 5.74) is 0.226. The first-order valence-corrected chi connectivity index (χ1v) is 4.44. The summed E-state index contributed by atoms with van der Waals surface area (Å²) >= 11 is 0. The Bertz CT molecular complexity index is 456. The second-order valence-electron chi connectivity index (χ2n) is 2.85. The summed E-state index contributed by atoms with van der Waals surface area (Å²) in [6, 6.07) is 4.26. The van der Waals surface area contributed by atoms with Crippen molar-refractivity contribution in [3.8, 4) is 6.07 Å². The minimum absolute atomic E-state index is 0.0292. The number of H-pyrrole nitrogens is 1. The number of ether oxygens (including phenoxy) is 1. The zero-order valence-electron chi connectivity index (χ0n) is 8.24. The maximum Gasteiger partial charge on any atom is 0.311 e. The summed E-state index contributed by atoms with van der Waals surface area (Å²) < 4.78 is 4.72. The first-order valence-electron chi connectivity index (χ1n) is 4.44. The molecule has 0 aliphatic rings. The molecule has 5 nitrogen and oxygen atoms in total. The Morgan fingerprint density at radius 1 is 1.60 bits per heavy atom. The van der Waals surface area contributed by atoms with Gasteiger partial charge in [-0.2, -0.15) is 5.26 Å². The van der Waals surface area contributed by atoms with E-state index in [2.05, 4.69) is 4.98 Å². The number of nitrogens with zero attached hydrogens (tertiary/aromatic N) is 1. The van der Waals surface area contributed by atoms with Crippen molar-refractivity contribution in [2.45, 2.75) is 13.3 Å². The van der Waals surface area contributed by atoms with Crippen LogP contribution in [0, 0.1) is 11.3 Å². The largest absolute Gasteiger partial charge is 0.466 e. The highest BCUT2D eigenvalue weighted by atomic mass is 16.5. The van der Waals surface area contributed by atoms with Crippen LogP contribution in [0.1, 0.15) is 18.3 Å². The first-order chi connectivity index (χ1) is 7.15. The summed E-state index contributed by atoms with van der Waals surface area (Å²) in [6.07, 6.45) is -0.0292. The van der Waals surface area contributed by atoms with E-state index in [-0.39, 0.29) is 17.5 Å². The van der Waals surface area contributed by atoms with Gasteiger partial charge in [-0.3, -0.25) is 9.59 Å². The van der Waals surface area contributed by atoms with E-state index < -0.39 is 5.97 Å². The van der Waals surface area contributed by atoms with Crippen molar-refractivity contribution in [1.82, 2.24) is 4.98 Å². The summed E-state index contributed by atoms with van der Waals surface area (Å²) in [7, 11) is 0. The Morgan fingerprint density at radius 3 is 2.93 bits per heavy atom. The lowest BCUT2D eigenvalue weighted by Crippen LogP contribution is -2.12. The van der Waals surface area contributed by atoms with E-state index in [1.165, 1.54) is 12.1 Å². The van der Waals surface area contributed by atoms with Crippen LogP contribution in [0.3, 0.4) is 0 Å². The van der Waals surface area contributed by atoms with Gasteiger partial charge in [-0.1, -0.05) is 0 Å². The van der Waals surface area contributed by atoms with Gasteiger partial charge >= 0.3 is 5.97 Å². The van der Waals surface area contributed by atoms with Crippen LogP contribution in [0.15, 0.2) is 16.9 Å². The van der Waals surface area contributed by atoms with Gasteiger partial charge in [0.25, 0.3) is 0 Å². The highest BCUT2D eigenvalue weighted by Crippen LogP contribution is 1.96. The normalized spacial score (nSPS) is 9.33. The molecular formula is C10H10N2O3. The summed E-state index contributed by atoms with van der Waals surface area (Å²) in [5, 5.41) is 8.59. The molecule has 1 aromatic rings. The van der Waals surface area contributed by atoms with Crippen LogP contribution in [0.5, 0.6) is 0 Å². The SMILES string of the molecule is CCOC(=O)Cc1cc(=O)cc(C#N)[nH]1. The van der Waals surface area contributed by atoms with Gasteiger partial charge in [0.1, 0.15) is 11.8 Å². The van der Waals surface area contributed by atoms with Crippen LogP contribution in [0.2, 0.25) is 0 Å². The van der Waals surface area contributed by atoms with Crippen molar-refractivity contribution in [2.24, 2.45) is 0 Å². The molecule has 0 spiro atoms. The van der Waals surface area contributed by atoms with Gasteiger partial charge in [0, 0.05) is 17.8 Å². The van der Waals surface area contributed by atoms with Crippen LogP contribution < -0.4 is 5.43 Å². The number of esters is 1. The zero-order valence-corrected chi connectivity index (χ0v) is 8.24. The average Bonchev–Trinajstić information content (AvgIpc) is 2.17. The molecule has 0 unspecified atom stereocenters. The van der Waals surface area contributed by atoms with Gasteiger partial charge in [0.2, 0.25) is 0 Å². The molecule has 0 saturated carbocycles. The van der Waals surface area contributed by atoms with Crippen molar-refractivity contribution in [3.05, 3.63) is 33.7 Å². The molecule has 0 bridgehead atoms. The Morgan fingerprint density at radius 2 is 2.33 bits per heavy atom. The van der Waals surface area contributed by atoms with E-state index in [9.17, 15) is 9.59 Å². The number of hydrogen-bond donors (Lipinski definition) is 1. The molecule has 0 saturated heterocycles. The highest BCUT2D eigenvalue weighted by molar-refractivity contribution is 5.71. The van der Waals surface area contributed by atoms with Crippen LogP contribution in [0.4, 0.5) is 0 Å². The molecule has 0 aromatic carbocycles. The van der Waals surface area contributed by atoms with Gasteiger partial charge in [-0.05, 0) is 6.92 Å². The molecule has 0 aliphatic heterocycles. The zero-order chi connectivity index (χ0) is 11.3. The second-order valence-corrected chi connectivity index (χ2v) is 2.85. The minimum Gasteiger partial charge on any atom is -0.466 e. The Hall–Kier alpha value is -2.09. The number of aromatic nitrogens is 1. The second kappa shape index (κ2) is 4.96. The van der Waals surface area contributed by atoms with Crippen molar-refractivity contribution in [3.63, 3.8) is 0 Å². The number of nitriles is 1. The molecule has 1 aromatic heterocycles. The number of nitrogens with one attached hydrogen (secondary N) is 1. The number of pyridine rings is 1. The minimum atomic E-state index is -0.428. The smallest absolute Gasteiger partial charge is 0.311 e. The molecular weight excluding hydrogens is 196 g/mol. The van der Waals surface area contributed by atoms with E-state index in [0.717, 1.165) is 0 Å². The molecule has 1 N–H and O–H groups in total. The van der Waals surface area contributed by atoms with E-state index >= 15 is 0 Å². The standard InChI is InChI=1S/C10H10N2O3/c1-2-15-10(14)5-7-3-9(13)4-8(6-11)12-7/h3-4H,2,5H2,1H3,(H,12,13). The van der Waals surface area contributed by atoms with Crippen molar-refractivity contribution in [2.75, 3.05) is 6.61 Å². The third-order valence-electron chi connectivity index (χ3n) is 1.66. The van der Waals surface area contributed by atoms with Crippen molar-refractivity contribution in [1.29, 1.82) is 5.26 Å². The fourth-order valence-corrected chi connectivity index (χ4v) is 1.12. The topological polar surface area (TPSA) is 82.9 Å². The quantitative estimate of drug-likeness (QED) is 0.723. The fraction of sp³-hybridized carbons (Fsp3) is 0.300. The van der Waals surface area contributed by atoms with Gasteiger partial charge < -0.3 is 9.72 Å². The fourth-order valence-electron chi connectivity index (χ4n) is 1.12. The lowest BCUT2D eigenvalue weighted by molar-refractivity contribution is -0.142.